The van der Waals surface area contributed by atoms with Gasteiger partial charge in [-0.15, -0.1) is 0 Å². The van der Waals surface area contributed by atoms with Crippen LogP contribution in [0.3, 0.4) is 0 Å². The quantitative estimate of drug-likeness (QED) is 0.780. The highest BCUT2D eigenvalue weighted by Crippen LogP contribution is 2.45. The lowest BCUT2D eigenvalue weighted by molar-refractivity contribution is 0.495. The van der Waals surface area contributed by atoms with E-state index in [1.165, 1.54) is 35.1 Å². The largest absolute Gasteiger partial charge is 0.313 e. The van der Waals surface area contributed by atoms with E-state index in [1.54, 1.807) is 0 Å². The predicted molar refractivity (Wildman–Crippen MR) is 86.1 cm³/mol. The molecule has 1 aliphatic rings. The van der Waals surface area contributed by atoms with Gasteiger partial charge in [-0.05, 0) is 42.1 Å². The number of fused-ring (bicyclic) bond motifs is 3. The minimum atomic E-state index is 0.478. The van der Waals surface area contributed by atoms with Crippen LogP contribution in [0.5, 0.6) is 0 Å². The van der Waals surface area contributed by atoms with Gasteiger partial charge in [0.1, 0.15) is 0 Å². The first-order chi connectivity index (χ1) is 9.83. The Hall–Kier alpha value is -1.60. The molecule has 0 heterocycles. The number of rotatable bonds is 5. The van der Waals surface area contributed by atoms with E-state index >= 15 is 0 Å². The van der Waals surface area contributed by atoms with E-state index in [1.807, 2.05) is 0 Å². The average molecular weight is 265 g/mol. The lowest BCUT2D eigenvalue weighted by Crippen LogP contribution is -2.32. The summed E-state index contributed by atoms with van der Waals surface area (Å²) in [5.74, 6) is 0.485. The Morgan fingerprint density at radius 3 is 2.05 bits per heavy atom. The lowest BCUT2D eigenvalue weighted by Gasteiger charge is -2.23. The van der Waals surface area contributed by atoms with Crippen LogP contribution in [-0.4, -0.2) is 12.6 Å². The molecule has 0 amide bonds. The number of hydrogen-bond acceptors (Lipinski definition) is 1. The molecule has 0 saturated heterocycles. The maximum absolute atomic E-state index is 3.71. The molecule has 0 saturated carbocycles. The third kappa shape index (κ3) is 2.27. The predicted octanol–water partition coefficient (Wildman–Crippen LogP) is 4.58. The van der Waals surface area contributed by atoms with Gasteiger partial charge >= 0.3 is 0 Å². The second kappa shape index (κ2) is 5.80. The van der Waals surface area contributed by atoms with Gasteiger partial charge in [0.2, 0.25) is 0 Å². The molecular weight excluding hydrogens is 242 g/mol. The van der Waals surface area contributed by atoms with Crippen LogP contribution < -0.4 is 5.32 Å². The van der Waals surface area contributed by atoms with E-state index in [0.29, 0.717) is 12.0 Å². The Bertz CT molecular complexity index is 542. The first-order valence-corrected chi connectivity index (χ1v) is 7.74. The molecule has 20 heavy (non-hydrogen) atoms. The maximum Gasteiger partial charge on any atom is 0.0253 e. The van der Waals surface area contributed by atoms with Crippen LogP contribution in [0.1, 0.15) is 43.7 Å². The third-order valence-electron chi connectivity index (χ3n) is 4.38. The van der Waals surface area contributed by atoms with Crippen LogP contribution in [0.15, 0.2) is 48.5 Å². The van der Waals surface area contributed by atoms with Crippen molar-refractivity contribution < 1.29 is 0 Å². The van der Waals surface area contributed by atoms with Crippen molar-refractivity contribution in [3.63, 3.8) is 0 Å². The maximum atomic E-state index is 3.71. The highest BCUT2D eigenvalue weighted by atomic mass is 14.9. The Labute approximate surface area is 122 Å². The molecule has 0 spiro atoms. The summed E-state index contributed by atoms with van der Waals surface area (Å²) in [6.07, 6.45) is 2.50. The summed E-state index contributed by atoms with van der Waals surface area (Å²) < 4.78 is 0. The van der Waals surface area contributed by atoms with Gasteiger partial charge in [-0.3, -0.25) is 0 Å². The molecular formula is C19H23N. The summed E-state index contributed by atoms with van der Waals surface area (Å²) in [6, 6.07) is 18.2. The van der Waals surface area contributed by atoms with Crippen LogP contribution in [0, 0.1) is 0 Å². The van der Waals surface area contributed by atoms with E-state index in [9.17, 15) is 0 Å². The minimum absolute atomic E-state index is 0.478. The molecule has 1 aliphatic carbocycles. The Morgan fingerprint density at radius 1 is 0.950 bits per heavy atom. The van der Waals surface area contributed by atoms with Crippen molar-refractivity contribution in [3.8, 4) is 11.1 Å². The average Bonchev–Trinajstić information content (AvgIpc) is 2.82. The summed E-state index contributed by atoms with van der Waals surface area (Å²) in [6.45, 7) is 5.67. The fraction of sp³-hybridized carbons (Fsp3) is 0.368. The zero-order valence-corrected chi connectivity index (χ0v) is 12.4. The SMILES string of the molecule is CCCCNC(C)C1c2ccccc2-c2ccccc21. The van der Waals surface area contributed by atoms with Crippen molar-refractivity contribution in [2.24, 2.45) is 0 Å². The first-order valence-electron chi connectivity index (χ1n) is 7.74. The highest BCUT2D eigenvalue weighted by Gasteiger charge is 2.31. The van der Waals surface area contributed by atoms with Crippen molar-refractivity contribution in [3.05, 3.63) is 59.7 Å². The van der Waals surface area contributed by atoms with Crippen LogP contribution in [0.2, 0.25) is 0 Å². The molecule has 3 rings (SSSR count). The molecule has 1 atom stereocenters. The van der Waals surface area contributed by atoms with Gasteiger partial charge in [-0.2, -0.15) is 0 Å². The Kier molecular flexibility index (Phi) is 3.88. The fourth-order valence-corrected chi connectivity index (χ4v) is 3.36. The van der Waals surface area contributed by atoms with Crippen LogP contribution >= 0.6 is 0 Å². The van der Waals surface area contributed by atoms with E-state index in [4.69, 9.17) is 0 Å². The topological polar surface area (TPSA) is 12.0 Å². The molecule has 0 aromatic heterocycles. The first kappa shape index (κ1) is 13.4. The van der Waals surface area contributed by atoms with Gasteiger partial charge in [0.25, 0.3) is 0 Å². The third-order valence-corrected chi connectivity index (χ3v) is 4.38. The molecule has 0 bridgehead atoms. The summed E-state index contributed by atoms with van der Waals surface area (Å²) in [4.78, 5) is 0. The zero-order valence-electron chi connectivity index (χ0n) is 12.4. The molecule has 2 aromatic carbocycles. The minimum Gasteiger partial charge on any atom is -0.313 e. The van der Waals surface area contributed by atoms with Gasteiger partial charge < -0.3 is 5.32 Å². The van der Waals surface area contributed by atoms with Gasteiger partial charge in [0, 0.05) is 12.0 Å². The summed E-state index contributed by atoms with van der Waals surface area (Å²) >= 11 is 0. The summed E-state index contributed by atoms with van der Waals surface area (Å²) in [5.41, 5.74) is 5.78. The van der Waals surface area contributed by atoms with Crippen molar-refractivity contribution in [1.29, 1.82) is 0 Å². The molecule has 0 aliphatic heterocycles. The standard InChI is InChI=1S/C19H23N/c1-3-4-13-20-14(2)19-17-11-7-5-9-15(17)16-10-6-8-12-18(16)19/h5-12,14,19-20H,3-4,13H2,1-2H3. The van der Waals surface area contributed by atoms with Gasteiger partial charge in [0.05, 0.1) is 0 Å². The van der Waals surface area contributed by atoms with Gasteiger partial charge in [-0.1, -0.05) is 61.9 Å². The van der Waals surface area contributed by atoms with E-state index < -0.39 is 0 Å². The van der Waals surface area contributed by atoms with E-state index in [-0.39, 0.29) is 0 Å². The zero-order chi connectivity index (χ0) is 13.9. The smallest absolute Gasteiger partial charge is 0.0253 e. The molecule has 1 unspecified atom stereocenters. The molecule has 1 nitrogen and oxygen atoms in total. The number of nitrogens with one attached hydrogen (secondary N) is 1. The van der Waals surface area contributed by atoms with Gasteiger partial charge in [-0.25, -0.2) is 0 Å². The van der Waals surface area contributed by atoms with Crippen molar-refractivity contribution in [1.82, 2.24) is 5.32 Å². The molecule has 104 valence electrons. The van der Waals surface area contributed by atoms with Crippen molar-refractivity contribution >= 4 is 0 Å². The molecule has 1 heteroatoms. The van der Waals surface area contributed by atoms with Crippen molar-refractivity contribution in [2.75, 3.05) is 6.54 Å². The summed E-state index contributed by atoms with van der Waals surface area (Å²) in [5, 5.41) is 3.71. The second-order valence-corrected chi connectivity index (χ2v) is 5.75. The normalized spacial score (nSPS) is 14.9. The summed E-state index contributed by atoms with van der Waals surface area (Å²) in [7, 11) is 0. The van der Waals surface area contributed by atoms with Crippen LogP contribution in [0.25, 0.3) is 11.1 Å². The number of hydrogen-bond donors (Lipinski definition) is 1. The van der Waals surface area contributed by atoms with E-state index in [0.717, 1.165) is 6.54 Å². The van der Waals surface area contributed by atoms with Crippen molar-refractivity contribution in [2.45, 2.75) is 38.6 Å². The van der Waals surface area contributed by atoms with E-state index in [2.05, 4.69) is 67.7 Å². The molecule has 0 radical (unpaired) electrons. The molecule has 1 N–H and O–H groups in total. The Morgan fingerprint density at radius 2 is 1.50 bits per heavy atom. The number of unbranched alkanes of at least 4 members (excludes halogenated alkanes) is 1. The number of benzene rings is 2. The highest BCUT2D eigenvalue weighted by molar-refractivity contribution is 5.79. The Balaban J connectivity index is 1.94. The monoisotopic (exact) mass is 265 g/mol. The fourth-order valence-electron chi connectivity index (χ4n) is 3.36. The molecule has 2 aromatic rings. The lowest BCUT2D eigenvalue weighted by atomic mass is 9.90. The van der Waals surface area contributed by atoms with Crippen LogP contribution in [-0.2, 0) is 0 Å². The van der Waals surface area contributed by atoms with Crippen LogP contribution in [0.4, 0.5) is 0 Å². The second-order valence-electron chi connectivity index (χ2n) is 5.75. The van der Waals surface area contributed by atoms with Gasteiger partial charge in [0.15, 0.2) is 0 Å². The molecule has 0 fully saturated rings.